The van der Waals surface area contributed by atoms with Crippen molar-refractivity contribution in [2.75, 3.05) is 0 Å². The highest BCUT2D eigenvalue weighted by Crippen LogP contribution is 2.24. The molecule has 0 heterocycles. The van der Waals surface area contributed by atoms with Crippen LogP contribution < -0.4 is 0 Å². The zero-order valence-electron chi connectivity index (χ0n) is 15.0. The summed E-state index contributed by atoms with van der Waals surface area (Å²) in [6.07, 6.45) is 0. The van der Waals surface area contributed by atoms with E-state index in [1.54, 1.807) is 0 Å². The third-order valence-corrected chi connectivity index (χ3v) is 2.22. The molecule has 112 valence electrons. The molecule has 0 fully saturated rings. The summed E-state index contributed by atoms with van der Waals surface area (Å²) in [7, 11) is 0. The first-order valence-corrected chi connectivity index (χ1v) is 7.67. The van der Waals surface area contributed by atoms with Crippen molar-refractivity contribution in [2.45, 2.75) is 74.7 Å². The van der Waals surface area contributed by atoms with Crippen molar-refractivity contribution in [3.8, 4) is 0 Å². The van der Waals surface area contributed by atoms with Gasteiger partial charge in [0.1, 0.15) is 0 Å². The van der Waals surface area contributed by atoms with Crippen LogP contribution in [0.15, 0.2) is 30.8 Å². The minimum Gasteiger partial charge on any atom is -0.0955 e. The van der Waals surface area contributed by atoms with Crippen molar-refractivity contribution in [3.05, 3.63) is 42.0 Å². The first-order chi connectivity index (χ1) is 8.91. The Morgan fingerprint density at radius 1 is 0.895 bits per heavy atom. The van der Waals surface area contributed by atoms with Crippen LogP contribution in [0.1, 0.15) is 80.4 Å². The van der Waals surface area contributed by atoms with E-state index >= 15 is 0 Å². The zero-order chi connectivity index (χ0) is 16.1. The summed E-state index contributed by atoms with van der Waals surface area (Å²) in [5, 5.41) is 0. The van der Waals surface area contributed by atoms with Gasteiger partial charge in [-0.25, -0.2) is 0 Å². The number of allylic oxidation sites excluding steroid dienone is 1. The maximum Gasteiger partial charge on any atom is -0.0132 e. The van der Waals surface area contributed by atoms with Gasteiger partial charge >= 0.3 is 0 Å². The van der Waals surface area contributed by atoms with E-state index in [0.717, 1.165) is 5.57 Å². The Morgan fingerprint density at radius 2 is 1.32 bits per heavy atom. The SMILES string of the molecule is C=C(C)c1cccc(C(C)(C)C)c1.CC.CC.CC. The molecular weight excluding hydrogens is 228 g/mol. The fourth-order valence-electron chi connectivity index (χ4n) is 1.25. The first kappa shape index (κ1) is 23.1. The van der Waals surface area contributed by atoms with E-state index in [-0.39, 0.29) is 5.41 Å². The molecule has 0 nitrogen and oxygen atoms in total. The molecule has 0 aliphatic rings. The molecule has 0 atom stereocenters. The summed E-state index contributed by atoms with van der Waals surface area (Å²) in [6.45, 7) is 24.7. The van der Waals surface area contributed by atoms with Crippen molar-refractivity contribution in [1.29, 1.82) is 0 Å². The minimum absolute atomic E-state index is 0.228. The second-order valence-electron chi connectivity index (χ2n) is 4.61. The fraction of sp³-hybridized carbons (Fsp3) is 0.579. The van der Waals surface area contributed by atoms with Crippen LogP contribution in [-0.4, -0.2) is 0 Å². The van der Waals surface area contributed by atoms with E-state index < -0.39 is 0 Å². The Balaban J connectivity index is -0.000000375. The van der Waals surface area contributed by atoms with Crippen LogP contribution in [0.3, 0.4) is 0 Å². The fourth-order valence-corrected chi connectivity index (χ4v) is 1.25. The molecule has 0 spiro atoms. The Hall–Kier alpha value is -1.04. The molecule has 0 aliphatic heterocycles. The molecule has 0 aromatic heterocycles. The molecular formula is C19H36. The van der Waals surface area contributed by atoms with E-state index in [4.69, 9.17) is 0 Å². The predicted octanol–water partition coefficient (Wildman–Crippen LogP) is 7.10. The lowest BCUT2D eigenvalue weighted by atomic mass is 9.85. The molecule has 0 saturated carbocycles. The molecule has 0 bridgehead atoms. The highest BCUT2D eigenvalue weighted by molar-refractivity contribution is 5.62. The van der Waals surface area contributed by atoms with Crippen LogP contribution in [0.2, 0.25) is 0 Å². The van der Waals surface area contributed by atoms with Crippen molar-refractivity contribution in [1.82, 2.24) is 0 Å². The largest absolute Gasteiger partial charge is 0.0955 e. The van der Waals surface area contributed by atoms with Crippen molar-refractivity contribution < 1.29 is 0 Å². The average Bonchev–Trinajstić information content (AvgIpc) is 2.44. The monoisotopic (exact) mass is 264 g/mol. The Labute approximate surface area is 123 Å². The van der Waals surface area contributed by atoms with Gasteiger partial charge in [-0.05, 0) is 23.5 Å². The normalized spacial score (nSPS) is 8.74. The lowest BCUT2D eigenvalue weighted by Gasteiger charge is -2.19. The van der Waals surface area contributed by atoms with E-state index in [2.05, 4.69) is 51.6 Å². The Morgan fingerprint density at radius 3 is 1.63 bits per heavy atom. The van der Waals surface area contributed by atoms with Gasteiger partial charge in [0.25, 0.3) is 0 Å². The molecule has 0 amide bonds. The van der Waals surface area contributed by atoms with Crippen LogP contribution in [0, 0.1) is 0 Å². The van der Waals surface area contributed by atoms with E-state index in [1.165, 1.54) is 11.1 Å². The average molecular weight is 264 g/mol. The van der Waals surface area contributed by atoms with Gasteiger partial charge < -0.3 is 0 Å². The minimum atomic E-state index is 0.228. The maximum absolute atomic E-state index is 3.95. The summed E-state index contributed by atoms with van der Waals surface area (Å²) in [4.78, 5) is 0. The second-order valence-corrected chi connectivity index (χ2v) is 4.61. The standard InChI is InChI=1S/C13H18.3C2H6/c1-10(2)11-7-6-8-12(9-11)13(3,4)5;3*1-2/h6-9H,1H2,2-5H3;3*1-2H3. The van der Waals surface area contributed by atoms with Crippen LogP contribution in [0.5, 0.6) is 0 Å². The van der Waals surface area contributed by atoms with Gasteiger partial charge in [0.05, 0.1) is 0 Å². The van der Waals surface area contributed by atoms with E-state index in [9.17, 15) is 0 Å². The van der Waals surface area contributed by atoms with Crippen LogP contribution in [-0.2, 0) is 5.41 Å². The lowest BCUT2D eigenvalue weighted by Crippen LogP contribution is -2.10. The van der Waals surface area contributed by atoms with Crippen LogP contribution in [0.4, 0.5) is 0 Å². The topological polar surface area (TPSA) is 0 Å². The van der Waals surface area contributed by atoms with Gasteiger partial charge in [-0.1, -0.05) is 98.7 Å². The van der Waals surface area contributed by atoms with E-state index in [0.29, 0.717) is 0 Å². The Kier molecular flexibility index (Phi) is 16.3. The molecule has 19 heavy (non-hydrogen) atoms. The van der Waals surface area contributed by atoms with Crippen LogP contribution >= 0.6 is 0 Å². The van der Waals surface area contributed by atoms with Gasteiger partial charge in [-0.15, -0.1) is 0 Å². The van der Waals surface area contributed by atoms with Crippen molar-refractivity contribution >= 4 is 5.57 Å². The van der Waals surface area contributed by atoms with Crippen molar-refractivity contribution in [2.24, 2.45) is 0 Å². The summed E-state index contributed by atoms with van der Waals surface area (Å²) in [6, 6.07) is 8.61. The third kappa shape index (κ3) is 10.6. The van der Waals surface area contributed by atoms with Crippen LogP contribution in [0.25, 0.3) is 5.57 Å². The molecule has 0 radical (unpaired) electrons. The van der Waals surface area contributed by atoms with Gasteiger partial charge in [-0.2, -0.15) is 0 Å². The van der Waals surface area contributed by atoms with Gasteiger partial charge in [-0.3, -0.25) is 0 Å². The highest BCUT2D eigenvalue weighted by atomic mass is 14.2. The first-order valence-electron chi connectivity index (χ1n) is 7.67. The molecule has 1 aromatic rings. The molecule has 1 rings (SSSR count). The number of rotatable bonds is 1. The maximum atomic E-state index is 3.95. The quantitative estimate of drug-likeness (QED) is 0.507. The molecule has 0 unspecified atom stereocenters. The molecule has 0 N–H and O–H groups in total. The molecule has 0 aliphatic carbocycles. The van der Waals surface area contributed by atoms with E-state index in [1.807, 2.05) is 48.5 Å². The number of benzene rings is 1. The number of hydrogen-bond donors (Lipinski definition) is 0. The highest BCUT2D eigenvalue weighted by Gasteiger charge is 2.13. The predicted molar refractivity (Wildman–Crippen MR) is 93.9 cm³/mol. The van der Waals surface area contributed by atoms with Crippen molar-refractivity contribution in [3.63, 3.8) is 0 Å². The lowest BCUT2D eigenvalue weighted by molar-refractivity contribution is 0.590. The van der Waals surface area contributed by atoms with Gasteiger partial charge in [0, 0.05) is 0 Å². The zero-order valence-corrected chi connectivity index (χ0v) is 15.0. The smallest absolute Gasteiger partial charge is 0.0132 e. The Bertz CT molecular complexity index is 313. The number of hydrogen-bond acceptors (Lipinski definition) is 0. The third-order valence-electron chi connectivity index (χ3n) is 2.22. The molecule has 1 aromatic carbocycles. The summed E-state index contributed by atoms with van der Waals surface area (Å²) >= 11 is 0. The molecule has 0 saturated heterocycles. The second kappa shape index (κ2) is 13.4. The molecule has 0 heteroatoms. The summed E-state index contributed by atoms with van der Waals surface area (Å²) in [5.74, 6) is 0. The van der Waals surface area contributed by atoms with Gasteiger partial charge in [0.15, 0.2) is 0 Å². The summed E-state index contributed by atoms with van der Waals surface area (Å²) < 4.78 is 0. The summed E-state index contributed by atoms with van der Waals surface area (Å²) in [5.41, 5.74) is 3.97. The van der Waals surface area contributed by atoms with Gasteiger partial charge in [0.2, 0.25) is 0 Å².